The fourth-order valence-corrected chi connectivity index (χ4v) is 6.20. The normalized spacial score (nSPS) is 82.0. The van der Waals surface area contributed by atoms with Crippen LogP contribution in [0.4, 0.5) is 0 Å². The predicted octanol–water partition coefficient (Wildman–Crippen LogP) is -0.392. The molecule has 0 amide bonds. The van der Waals surface area contributed by atoms with Crippen LogP contribution >= 0.6 is 0 Å². The lowest BCUT2D eigenvalue weighted by atomic mass is 8.94. The summed E-state index contributed by atoms with van der Waals surface area (Å²) in [6, 6.07) is 0. The summed E-state index contributed by atoms with van der Waals surface area (Å²) in [7, 11) is 1.52. The zero-order valence-corrected chi connectivity index (χ0v) is 7.36. The van der Waals surface area contributed by atoms with Gasteiger partial charge in [0.15, 0.2) is 0 Å². The first-order valence-electron chi connectivity index (χ1n) is 5.09. The van der Waals surface area contributed by atoms with Gasteiger partial charge in [0, 0.05) is 5.54 Å². The lowest BCUT2D eigenvalue weighted by Gasteiger charge is -3.09. The number of rotatable bonds is 1. The Hall–Kier alpha value is -0.570. The second-order valence-corrected chi connectivity index (χ2v) is 5.58. The van der Waals surface area contributed by atoms with Crippen LogP contribution in [0.15, 0.2) is 0 Å². The van der Waals surface area contributed by atoms with Crippen molar-refractivity contribution in [3.63, 3.8) is 0 Å². The van der Waals surface area contributed by atoms with E-state index in [-0.39, 0.29) is 16.9 Å². The summed E-state index contributed by atoms with van der Waals surface area (Å²) in [6.45, 7) is 0. The van der Waals surface area contributed by atoms with E-state index < -0.39 is 0 Å². The van der Waals surface area contributed by atoms with Crippen molar-refractivity contribution in [2.75, 3.05) is 7.11 Å². The SMILES string of the molecule is COC(=O)C12C3C4C1C1C2C3C41N. The molecule has 0 saturated heterocycles. The Labute approximate surface area is 75.6 Å². The summed E-state index contributed by atoms with van der Waals surface area (Å²) >= 11 is 0. The van der Waals surface area contributed by atoms with Gasteiger partial charge in [-0.05, 0) is 35.5 Å². The van der Waals surface area contributed by atoms with Crippen molar-refractivity contribution >= 4 is 5.97 Å². The Balaban J connectivity index is 1.65. The van der Waals surface area contributed by atoms with Crippen molar-refractivity contribution in [1.82, 2.24) is 0 Å². The molecule has 0 unspecified atom stereocenters. The Morgan fingerprint density at radius 1 is 1.15 bits per heavy atom. The van der Waals surface area contributed by atoms with Crippen LogP contribution in [0.2, 0.25) is 0 Å². The molecule has 6 fully saturated rings. The van der Waals surface area contributed by atoms with Gasteiger partial charge in [-0.2, -0.15) is 0 Å². The fraction of sp³-hybridized carbons (Fsp3) is 0.900. The Bertz CT molecular complexity index is 335. The Kier molecular flexibility index (Phi) is 0.515. The molecule has 0 aliphatic heterocycles. The number of hydrogen-bond donors (Lipinski definition) is 1. The highest BCUT2D eigenvalue weighted by Gasteiger charge is 3.11. The first-order chi connectivity index (χ1) is 6.21. The molecule has 0 radical (unpaired) electrons. The molecule has 0 atom stereocenters. The molecule has 2 N–H and O–H groups in total. The predicted molar refractivity (Wildman–Crippen MR) is 42.3 cm³/mol. The summed E-state index contributed by atoms with van der Waals surface area (Å²) in [5.41, 5.74) is 6.46. The van der Waals surface area contributed by atoms with Gasteiger partial charge in [-0.15, -0.1) is 0 Å². The third-order valence-corrected chi connectivity index (χ3v) is 6.25. The van der Waals surface area contributed by atoms with Crippen LogP contribution in [-0.4, -0.2) is 18.6 Å². The third kappa shape index (κ3) is 0.224. The van der Waals surface area contributed by atoms with Crippen LogP contribution in [0.25, 0.3) is 0 Å². The van der Waals surface area contributed by atoms with Crippen LogP contribution in [0.1, 0.15) is 0 Å². The maximum absolute atomic E-state index is 11.6. The largest absolute Gasteiger partial charge is 0.469 e. The zero-order valence-electron chi connectivity index (χ0n) is 7.36. The van der Waals surface area contributed by atoms with Gasteiger partial charge in [-0.1, -0.05) is 0 Å². The van der Waals surface area contributed by atoms with Gasteiger partial charge in [0.05, 0.1) is 12.5 Å². The van der Waals surface area contributed by atoms with E-state index in [9.17, 15) is 4.79 Å². The van der Waals surface area contributed by atoms with Crippen LogP contribution in [-0.2, 0) is 9.53 Å². The van der Waals surface area contributed by atoms with Gasteiger partial charge in [0.2, 0.25) is 0 Å². The number of esters is 1. The van der Waals surface area contributed by atoms with Gasteiger partial charge < -0.3 is 10.5 Å². The van der Waals surface area contributed by atoms with E-state index in [1.54, 1.807) is 0 Å². The molecule has 3 heteroatoms. The van der Waals surface area contributed by atoms with Crippen LogP contribution < -0.4 is 5.73 Å². The van der Waals surface area contributed by atoms with E-state index in [4.69, 9.17) is 10.5 Å². The minimum Gasteiger partial charge on any atom is -0.469 e. The molecule has 13 heavy (non-hydrogen) atoms. The van der Waals surface area contributed by atoms with Gasteiger partial charge in [-0.3, -0.25) is 4.79 Å². The molecule has 0 heterocycles. The number of ether oxygens (including phenoxy) is 1. The molecule has 68 valence electrons. The molecule has 0 aromatic heterocycles. The van der Waals surface area contributed by atoms with Gasteiger partial charge >= 0.3 is 5.97 Å². The standard InChI is InChI=1S/C10H11NO2/c1-13-8(12)9-2-5-3(9)7-4(9)6(2)10(5,7)11/h2-7H,11H2,1H3. The molecule has 3 nitrogen and oxygen atoms in total. The maximum atomic E-state index is 11.6. The van der Waals surface area contributed by atoms with Crippen molar-refractivity contribution in [3.05, 3.63) is 0 Å². The molecular formula is C10H11NO2. The topological polar surface area (TPSA) is 52.3 Å². The number of nitrogens with two attached hydrogens (primary N) is 1. The molecule has 0 spiro atoms. The lowest BCUT2D eigenvalue weighted by molar-refractivity contribution is -0.604. The summed E-state index contributed by atoms with van der Waals surface area (Å²) in [5.74, 6) is 4.14. The minimum atomic E-state index is 0.00979. The minimum absolute atomic E-state index is 0.00979. The highest BCUT2D eigenvalue weighted by Crippen LogP contribution is 3.06. The monoisotopic (exact) mass is 177 g/mol. The molecule has 6 aliphatic rings. The first-order valence-corrected chi connectivity index (χ1v) is 5.09. The number of carbonyl (C=O) groups is 1. The van der Waals surface area contributed by atoms with Crippen LogP contribution in [0.3, 0.4) is 0 Å². The zero-order chi connectivity index (χ0) is 8.75. The first kappa shape index (κ1) is 6.02. The van der Waals surface area contributed by atoms with E-state index in [2.05, 4.69) is 0 Å². The quantitative estimate of drug-likeness (QED) is 0.555. The maximum Gasteiger partial charge on any atom is 0.312 e. The van der Waals surface area contributed by atoms with Crippen molar-refractivity contribution < 1.29 is 9.53 Å². The molecule has 0 aromatic rings. The Morgan fingerprint density at radius 2 is 1.62 bits per heavy atom. The van der Waals surface area contributed by atoms with Gasteiger partial charge in [0.1, 0.15) is 0 Å². The number of methoxy groups -OCH3 is 1. The molecule has 0 aromatic carbocycles. The lowest BCUT2D eigenvalue weighted by Crippen LogP contribution is -3.15. The van der Waals surface area contributed by atoms with Crippen molar-refractivity contribution in [1.29, 1.82) is 0 Å². The van der Waals surface area contributed by atoms with E-state index in [1.807, 2.05) is 0 Å². The number of carbonyl (C=O) groups excluding carboxylic acids is 1. The van der Waals surface area contributed by atoms with Crippen molar-refractivity contribution in [2.45, 2.75) is 5.54 Å². The molecule has 6 saturated carbocycles. The third-order valence-electron chi connectivity index (χ3n) is 6.25. The van der Waals surface area contributed by atoms with Crippen molar-refractivity contribution in [3.8, 4) is 0 Å². The average Bonchev–Trinajstić information content (AvgIpc) is 2.18. The number of hydrogen-bond acceptors (Lipinski definition) is 3. The molecule has 6 rings (SSSR count). The average molecular weight is 177 g/mol. The fourth-order valence-electron chi connectivity index (χ4n) is 6.20. The molecule has 6 aliphatic carbocycles. The van der Waals surface area contributed by atoms with Gasteiger partial charge in [-0.25, -0.2) is 0 Å². The summed E-state index contributed by atoms with van der Waals surface area (Å²) < 4.78 is 4.91. The molecule has 0 bridgehead atoms. The summed E-state index contributed by atoms with van der Waals surface area (Å²) in [4.78, 5) is 11.6. The van der Waals surface area contributed by atoms with E-state index >= 15 is 0 Å². The highest BCUT2D eigenvalue weighted by molar-refractivity contribution is 5.89. The smallest absolute Gasteiger partial charge is 0.312 e. The van der Waals surface area contributed by atoms with Gasteiger partial charge in [0.25, 0.3) is 0 Å². The highest BCUT2D eigenvalue weighted by atomic mass is 16.5. The second kappa shape index (κ2) is 1.11. The van der Waals surface area contributed by atoms with Crippen molar-refractivity contribution in [2.24, 2.45) is 46.7 Å². The second-order valence-electron chi connectivity index (χ2n) is 5.58. The van der Waals surface area contributed by atoms with E-state index in [0.717, 1.165) is 0 Å². The summed E-state index contributed by atoms with van der Waals surface area (Å²) in [6.07, 6.45) is 0. The molecular weight excluding hydrogens is 166 g/mol. The van der Waals surface area contributed by atoms with Crippen LogP contribution in [0.5, 0.6) is 0 Å². The van der Waals surface area contributed by atoms with Crippen LogP contribution in [0, 0.1) is 40.9 Å². The Morgan fingerprint density at radius 3 is 2.00 bits per heavy atom. The van der Waals surface area contributed by atoms with E-state index in [0.29, 0.717) is 35.5 Å². The summed E-state index contributed by atoms with van der Waals surface area (Å²) in [5, 5.41) is 0. The van der Waals surface area contributed by atoms with E-state index in [1.165, 1.54) is 7.11 Å².